The molecule has 1 saturated carbocycles. The Bertz CT molecular complexity index is 465. The van der Waals surface area contributed by atoms with Gasteiger partial charge < -0.3 is 10.1 Å². The highest BCUT2D eigenvalue weighted by atomic mass is 16.5. The molecule has 1 aromatic heterocycles. The molecule has 2 fully saturated rings. The first-order chi connectivity index (χ1) is 10.2. The van der Waals surface area contributed by atoms with Gasteiger partial charge >= 0.3 is 0 Å². The van der Waals surface area contributed by atoms with Crippen LogP contribution in [0.5, 0.6) is 5.75 Å². The quantitative estimate of drug-likeness (QED) is 0.872. The zero-order valence-electron chi connectivity index (χ0n) is 13.3. The van der Waals surface area contributed by atoms with E-state index in [4.69, 9.17) is 4.74 Å². The Morgan fingerprint density at radius 1 is 1.24 bits per heavy atom. The normalized spacial score (nSPS) is 20.7. The van der Waals surface area contributed by atoms with E-state index in [-0.39, 0.29) is 0 Å². The molecule has 21 heavy (non-hydrogen) atoms. The number of nitrogens with one attached hydrogen (secondary N) is 1. The van der Waals surface area contributed by atoms with E-state index in [1.54, 1.807) is 7.11 Å². The van der Waals surface area contributed by atoms with E-state index >= 15 is 0 Å². The zero-order valence-corrected chi connectivity index (χ0v) is 13.3. The number of rotatable bonds is 6. The lowest BCUT2D eigenvalue weighted by atomic mass is 10.0. The predicted octanol–water partition coefficient (Wildman–Crippen LogP) is 2.36. The fourth-order valence-electron chi connectivity index (χ4n) is 3.08. The summed E-state index contributed by atoms with van der Waals surface area (Å²) in [5.41, 5.74) is 2.15. The van der Waals surface area contributed by atoms with Gasteiger partial charge in [-0.2, -0.15) is 0 Å². The Balaban J connectivity index is 1.46. The SMILES string of the molecule is COc1cc(C)nc(CN2CCC(NCC3CC3)CC2)c1. The molecule has 1 N–H and O–H groups in total. The Labute approximate surface area is 127 Å². The molecule has 0 bridgehead atoms. The van der Waals surface area contributed by atoms with Crippen molar-refractivity contribution in [2.75, 3.05) is 26.7 Å². The summed E-state index contributed by atoms with van der Waals surface area (Å²) in [5.74, 6) is 1.89. The highest BCUT2D eigenvalue weighted by Gasteiger charge is 2.24. The molecular weight excluding hydrogens is 262 g/mol. The van der Waals surface area contributed by atoms with Gasteiger partial charge in [-0.05, 0) is 45.1 Å². The average Bonchev–Trinajstić information content (AvgIpc) is 3.30. The summed E-state index contributed by atoms with van der Waals surface area (Å²) in [6.45, 7) is 6.54. The number of nitrogens with zero attached hydrogens (tertiary/aromatic N) is 2. The topological polar surface area (TPSA) is 37.4 Å². The van der Waals surface area contributed by atoms with Gasteiger partial charge in [0, 0.05) is 43.5 Å². The number of hydrogen-bond donors (Lipinski definition) is 1. The molecule has 1 aromatic rings. The molecule has 0 spiro atoms. The standard InChI is InChI=1S/C17H27N3O/c1-13-9-17(21-2)10-16(19-13)12-20-7-5-15(6-8-20)18-11-14-3-4-14/h9-10,14-15,18H,3-8,11-12H2,1-2H3. The van der Waals surface area contributed by atoms with Crippen molar-refractivity contribution in [3.05, 3.63) is 23.5 Å². The summed E-state index contributed by atoms with van der Waals surface area (Å²) in [6.07, 6.45) is 5.39. The van der Waals surface area contributed by atoms with Crippen LogP contribution in [-0.4, -0.2) is 42.7 Å². The highest BCUT2D eigenvalue weighted by Crippen LogP contribution is 2.28. The summed E-state index contributed by atoms with van der Waals surface area (Å²) in [4.78, 5) is 7.14. The number of methoxy groups -OCH3 is 1. The number of likely N-dealkylation sites (tertiary alicyclic amines) is 1. The van der Waals surface area contributed by atoms with Crippen molar-refractivity contribution >= 4 is 0 Å². The van der Waals surface area contributed by atoms with Crippen molar-refractivity contribution in [2.45, 2.75) is 45.2 Å². The lowest BCUT2D eigenvalue weighted by Gasteiger charge is -2.32. The van der Waals surface area contributed by atoms with E-state index in [9.17, 15) is 0 Å². The zero-order chi connectivity index (χ0) is 14.7. The Kier molecular flexibility index (Phi) is 4.76. The van der Waals surface area contributed by atoms with Crippen LogP contribution in [0.1, 0.15) is 37.1 Å². The number of ether oxygens (including phenoxy) is 1. The minimum absolute atomic E-state index is 0.724. The van der Waals surface area contributed by atoms with Crippen molar-refractivity contribution in [2.24, 2.45) is 5.92 Å². The molecule has 116 valence electrons. The highest BCUT2D eigenvalue weighted by molar-refractivity contribution is 5.26. The number of aromatic nitrogens is 1. The van der Waals surface area contributed by atoms with Gasteiger partial charge in [-0.15, -0.1) is 0 Å². The first-order valence-corrected chi connectivity index (χ1v) is 8.20. The predicted molar refractivity (Wildman–Crippen MR) is 84.6 cm³/mol. The maximum atomic E-state index is 5.33. The lowest BCUT2D eigenvalue weighted by Crippen LogP contribution is -2.42. The van der Waals surface area contributed by atoms with Crippen molar-refractivity contribution in [3.63, 3.8) is 0 Å². The largest absolute Gasteiger partial charge is 0.497 e. The van der Waals surface area contributed by atoms with Crippen LogP contribution < -0.4 is 10.1 Å². The second-order valence-corrected chi connectivity index (χ2v) is 6.54. The Morgan fingerprint density at radius 2 is 2.00 bits per heavy atom. The van der Waals surface area contributed by atoms with Gasteiger partial charge in [0.25, 0.3) is 0 Å². The van der Waals surface area contributed by atoms with Crippen LogP contribution in [0.4, 0.5) is 0 Å². The maximum Gasteiger partial charge on any atom is 0.122 e. The average molecular weight is 289 g/mol. The molecule has 4 heteroatoms. The number of piperidine rings is 1. The van der Waals surface area contributed by atoms with Crippen LogP contribution in [0.3, 0.4) is 0 Å². The van der Waals surface area contributed by atoms with Crippen molar-refractivity contribution in [1.29, 1.82) is 0 Å². The van der Waals surface area contributed by atoms with Crippen LogP contribution in [0.2, 0.25) is 0 Å². The van der Waals surface area contributed by atoms with Gasteiger partial charge in [0.2, 0.25) is 0 Å². The van der Waals surface area contributed by atoms with Gasteiger partial charge in [0.05, 0.1) is 12.8 Å². The van der Waals surface area contributed by atoms with Crippen LogP contribution >= 0.6 is 0 Å². The minimum Gasteiger partial charge on any atom is -0.497 e. The molecule has 1 aliphatic carbocycles. The third-order valence-electron chi connectivity index (χ3n) is 4.58. The van der Waals surface area contributed by atoms with E-state index < -0.39 is 0 Å². The van der Waals surface area contributed by atoms with Crippen LogP contribution in [0.15, 0.2) is 12.1 Å². The first kappa shape index (κ1) is 14.8. The Hall–Kier alpha value is -1.13. The molecule has 1 saturated heterocycles. The van der Waals surface area contributed by atoms with Gasteiger partial charge in [-0.3, -0.25) is 9.88 Å². The monoisotopic (exact) mass is 289 g/mol. The molecule has 0 unspecified atom stereocenters. The maximum absolute atomic E-state index is 5.33. The van der Waals surface area contributed by atoms with Gasteiger partial charge in [0.15, 0.2) is 0 Å². The smallest absolute Gasteiger partial charge is 0.122 e. The van der Waals surface area contributed by atoms with Crippen molar-refractivity contribution in [3.8, 4) is 5.75 Å². The van der Waals surface area contributed by atoms with E-state index in [2.05, 4.69) is 21.3 Å². The molecule has 2 heterocycles. The third-order valence-corrected chi connectivity index (χ3v) is 4.58. The van der Waals surface area contributed by atoms with E-state index in [1.807, 2.05) is 13.0 Å². The van der Waals surface area contributed by atoms with Crippen LogP contribution in [-0.2, 0) is 6.54 Å². The third kappa shape index (κ3) is 4.42. The second kappa shape index (κ2) is 6.75. The Morgan fingerprint density at radius 3 is 2.67 bits per heavy atom. The fraction of sp³-hybridized carbons (Fsp3) is 0.706. The molecule has 0 aromatic carbocycles. The van der Waals surface area contributed by atoms with Gasteiger partial charge in [-0.1, -0.05) is 0 Å². The molecule has 0 amide bonds. The summed E-state index contributed by atoms with van der Waals surface area (Å²) >= 11 is 0. The summed E-state index contributed by atoms with van der Waals surface area (Å²) in [7, 11) is 1.72. The number of hydrogen-bond acceptors (Lipinski definition) is 4. The number of aryl methyl sites for hydroxylation is 1. The molecule has 2 aliphatic rings. The molecule has 0 radical (unpaired) electrons. The first-order valence-electron chi connectivity index (χ1n) is 8.20. The molecule has 3 rings (SSSR count). The van der Waals surface area contributed by atoms with E-state index in [0.717, 1.165) is 35.6 Å². The second-order valence-electron chi connectivity index (χ2n) is 6.54. The molecule has 4 nitrogen and oxygen atoms in total. The minimum atomic E-state index is 0.724. The van der Waals surface area contributed by atoms with E-state index in [1.165, 1.54) is 45.3 Å². The lowest BCUT2D eigenvalue weighted by molar-refractivity contribution is 0.188. The van der Waals surface area contributed by atoms with Crippen LogP contribution in [0, 0.1) is 12.8 Å². The summed E-state index contributed by atoms with van der Waals surface area (Å²) in [6, 6.07) is 4.77. The van der Waals surface area contributed by atoms with Crippen molar-refractivity contribution < 1.29 is 4.74 Å². The van der Waals surface area contributed by atoms with Gasteiger partial charge in [-0.25, -0.2) is 0 Å². The molecule has 1 aliphatic heterocycles. The van der Waals surface area contributed by atoms with Gasteiger partial charge in [0.1, 0.15) is 5.75 Å². The van der Waals surface area contributed by atoms with E-state index in [0.29, 0.717) is 0 Å². The number of pyridine rings is 1. The molecule has 0 atom stereocenters. The summed E-state index contributed by atoms with van der Waals surface area (Å²) < 4.78 is 5.33. The van der Waals surface area contributed by atoms with Crippen molar-refractivity contribution in [1.82, 2.24) is 15.2 Å². The summed E-state index contributed by atoms with van der Waals surface area (Å²) in [5, 5.41) is 3.73. The molecular formula is C17H27N3O. The fourth-order valence-corrected chi connectivity index (χ4v) is 3.08. The van der Waals surface area contributed by atoms with Crippen LogP contribution in [0.25, 0.3) is 0 Å².